The molecule has 2 amide bonds. The molecule has 2 aliphatic rings. The normalized spacial score (nSPS) is 19.7. The molecule has 2 N–H and O–H groups in total. The molecule has 3 aromatic carbocycles. The molecule has 162 valence electrons. The zero-order valence-electron chi connectivity index (χ0n) is 18.0. The number of anilines is 1. The van der Waals surface area contributed by atoms with E-state index >= 15 is 0 Å². The van der Waals surface area contributed by atoms with Gasteiger partial charge in [-0.3, -0.25) is 9.59 Å². The van der Waals surface area contributed by atoms with Crippen LogP contribution in [0.3, 0.4) is 0 Å². The quantitative estimate of drug-likeness (QED) is 0.679. The highest BCUT2D eigenvalue weighted by Gasteiger charge is 2.51. The van der Waals surface area contributed by atoms with Crippen molar-refractivity contribution in [3.8, 4) is 11.1 Å². The van der Waals surface area contributed by atoms with Crippen LogP contribution in [0.2, 0.25) is 0 Å². The molecule has 5 heteroatoms. The maximum atomic E-state index is 13.2. The van der Waals surface area contributed by atoms with Gasteiger partial charge in [-0.1, -0.05) is 72.8 Å². The number of nitrogens with two attached hydrogens (primary N) is 1. The number of hydrogen-bond acceptors (Lipinski definition) is 3. The summed E-state index contributed by atoms with van der Waals surface area (Å²) in [5.74, 6) is -0.165. The van der Waals surface area contributed by atoms with Crippen molar-refractivity contribution in [3.63, 3.8) is 0 Å². The van der Waals surface area contributed by atoms with Crippen molar-refractivity contribution in [2.75, 3.05) is 18.0 Å². The summed E-state index contributed by atoms with van der Waals surface area (Å²) >= 11 is 0. The minimum absolute atomic E-state index is 0.0604. The maximum absolute atomic E-state index is 13.2. The van der Waals surface area contributed by atoms with Gasteiger partial charge in [0.25, 0.3) is 0 Å². The van der Waals surface area contributed by atoms with Crippen LogP contribution in [0.15, 0.2) is 84.9 Å². The SMILES string of the molecule is NC1(C(=O)N2CC(=O)N(c3cccc(-c4ccccc4)c3)C[C@@H]2Cc2ccccc2)CC1. The van der Waals surface area contributed by atoms with Crippen LogP contribution in [0.5, 0.6) is 0 Å². The van der Waals surface area contributed by atoms with Gasteiger partial charge in [-0.2, -0.15) is 0 Å². The number of benzene rings is 3. The summed E-state index contributed by atoms with van der Waals surface area (Å²) in [5.41, 5.74) is 9.62. The first kappa shape index (κ1) is 20.5. The number of hydrogen-bond donors (Lipinski definition) is 1. The molecule has 1 saturated heterocycles. The average Bonchev–Trinajstić information content (AvgIpc) is 3.59. The summed E-state index contributed by atoms with van der Waals surface area (Å²) in [5, 5.41) is 0. The monoisotopic (exact) mass is 425 g/mol. The molecule has 5 rings (SSSR count). The van der Waals surface area contributed by atoms with Gasteiger partial charge in [0.1, 0.15) is 6.54 Å². The van der Waals surface area contributed by atoms with Gasteiger partial charge in [0.2, 0.25) is 11.8 Å². The van der Waals surface area contributed by atoms with Gasteiger partial charge >= 0.3 is 0 Å². The van der Waals surface area contributed by atoms with Crippen molar-refractivity contribution in [1.82, 2.24) is 4.90 Å². The standard InChI is InChI=1S/C27H27N3O2/c28-27(14-15-27)26(32)30-19-25(31)29(18-24(30)16-20-8-3-1-4-9-20)23-13-7-12-22(17-23)21-10-5-2-6-11-21/h1-13,17,24H,14-16,18-19,28H2/t24-/m0/s1. The molecular formula is C27H27N3O2. The fourth-order valence-electron chi connectivity index (χ4n) is 4.44. The second-order valence-electron chi connectivity index (χ2n) is 8.85. The molecule has 2 fully saturated rings. The van der Waals surface area contributed by atoms with Gasteiger partial charge in [0, 0.05) is 12.2 Å². The Morgan fingerprint density at radius 2 is 1.56 bits per heavy atom. The van der Waals surface area contributed by atoms with Crippen LogP contribution in [-0.2, 0) is 16.0 Å². The molecule has 32 heavy (non-hydrogen) atoms. The third-order valence-electron chi connectivity index (χ3n) is 6.50. The third-order valence-corrected chi connectivity index (χ3v) is 6.50. The summed E-state index contributed by atoms with van der Waals surface area (Å²) in [7, 11) is 0. The number of rotatable bonds is 5. The van der Waals surface area contributed by atoms with Crippen molar-refractivity contribution in [2.24, 2.45) is 5.73 Å². The lowest BCUT2D eigenvalue weighted by molar-refractivity contribution is -0.141. The van der Waals surface area contributed by atoms with E-state index in [0.717, 1.165) is 22.4 Å². The largest absolute Gasteiger partial charge is 0.327 e. The molecule has 1 saturated carbocycles. The minimum Gasteiger partial charge on any atom is -0.327 e. The second kappa shape index (κ2) is 8.24. The highest BCUT2D eigenvalue weighted by molar-refractivity contribution is 6.00. The fourth-order valence-corrected chi connectivity index (χ4v) is 4.44. The molecule has 0 bridgehead atoms. The van der Waals surface area contributed by atoms with Crippen molar-refractivity contribution in [1.29, 1.82) is 0 Å². The van der Waals surface area contributed by atoms with Gasteiger partial charge < -0.3 is 15.5 Å². The Hall–Kier alpha value is -3.44. The van der Waals surface area contributed by atoms with E-state index in [1.54, 1.807) is 4.90 Å². The van der Waals surface area contributed by atoms with Crippen molar-refractivity contribution >= 4 is 17.5 Å². The first-order chi connectivity index (χ1) is 15.5. The Morgan fingerprint density at radius 3 is 2.25 bits per heavy atom. The van der Waals surface area contributed by atoms with Crippen molar-refractivity contribution in [2.45, 2.75) is 30.8 Å². The van der Waals surface area contributed by atoms with Crippen LogP contribution < -0.4 is 10.6 Å². The van der Waals surface area contributed by atoms with E-state index in [4.69, 9.17) is 5.73 Å². The summed E-state index contributed by atoms with van der Waals surface area (Å²) in [6, 6.07) is 28.2. The maximum Gasteiger partial charge on any atom is 0.246 e. The van der Waals surface area contributed by atoms with Gasteiger partial charge in [0.05, 0.1) is 11.6 Å². The first-order valence-corrected chi connectivity index (χ1v) is 11.1. The van der Waals surface area contributed by atoms with E-state index in [-0.39, 0.29) is 24.4 Å². The topological polar surface area (TPSA) is 66.6 Å². The first-order valence-electron chi connectivity index (χ1n) is 11.1. The summed E-state index contributed by atoms with van der Waals surface area (Å²) < 4.78 is 0. The zero-order chi connectivity index (χ0) is 22.1. The average molecular weight is 426 g/mol. The second-order valence-corrected chi connectivity index (χ2v) is 8.85. The van der Waals surface area contributed by atoms with Crippen LogP contribution in [0, 0.1) is 0 Å². The van der Waals surface area contributed by atoms with E-state index in [2.05, 4.69) is 36.4 Å². The van der Waals surface area contributed by atoms with Crippen LogP contribution in [-0.4, -0.2) is 41.4 Å². The lowest BCUT2D eigenvalue weighted by atomic mass is 9.99. The number of nitrogens with zero attached hydrogens (tertiary/aromatic N) is 2. The predicted octanol–water partition coefficient (Wildman–Crippen LogP) is 3.63. The van der Waals surface area contributed by atoms with Crippen LogP contribution in [0.25, 0.3) is 11.1 Å². The summed E-state index contributed by atoms with van der Waals surface area (Å²) in [6.07, 6.45) is 2.07. The molecule has 1 atom stereocenters. The number of carbonyl (C=O) groups is 2. The molecule has 5 nitrogen and oxygen atoms in total. The molecule has 1 heterocycles. The van der Waals surface area contributed by atoms with Gasteiger partial charge in [0.15, 0.2) is 0 Å². The molecule has 0 spiro atoms. The Labute approximate surface area is 188 Å². The van der Waals surface area contributed by atoms with Gasteiger partial charge in [-0.25, -0.2) is 0 Å². The number of piperazine rings is 1. The predicted molar refractivity (Wildman–Crippen MR) is 126 cm³/mol. The van der Waals surface area contributed by atoms with Gasteiger partial charge in [-0.15, -0.1) is 0 Å². The minimum atomic E-state index is -0.787. The van der Waals surface area contributed by atoms with Crippen LogP contribution >= 0.6 is 0 Å². The highest BCUT2D eigenvalue weighted by atomic mass is 16.2. The smallest absolute Gasteiger partial charge is 0.246 e. The Morgan fingerprint density at radius 1 is 0.906 bits per heavy atom. The molecule has 1 aliphatic carbocycles. The summed E-state index contributed by atoms with van der Waals surface area (Å²) in [6.45, 7) is 0.513. The van der Waals surface area contributed by atoms with E-state index in [0.29, 0.717) is 25.8 Å². The third kappa shape index (κ3) is 4.04. The molecule has 0 radical (unpaired) electrons. The molecule has 3 aromatic rings. The Balaban J connectivity index is 1.44. The Kier molecular flexibility index (Phi) is 5.27. The lowest BCUT2D eigenvalue weighted by Crippen LogP contribution is -2.62. The zero-order valence-corrected chi connectivity index (χ0v) is 18.0. The molecular weight excluding hydrogens is 398 g/mol. The number of amides is 2. The summed E-state index contributed by atoms with van der Waals surface area (Å²) in [4.78, 5) is 29.9. The van der Waals surface area contributed by atoms with E-state index in [1.807, 2.05) is 53.4 Å². The lowest BCUT2D eigenvalue weighted by Gasteiger charge is -2.42. The number of carbonyl (C=O) groups excluding carboxylic acids is 2. The van der Waals surface area contributed by atoms with Gasteiger partial charge in [-0.05, 0) is 48.1 Å². The molecule has 0 unspecified atom stereocenters. The molecule has 0 aromatic heterocycles. The van der Waals surface area contributed by atoms with Crippen LogP contribution in [0.1, 0.15) is 18.4 Å². The van der Waals surface area contributed by atoms with E-state index < -0.39 is 5.54 Å². The Bertz CT molecular complexity index is 1130. The fraction of sp³-hybridized carbons (Fsp3) is 0.259. The van der Waals surface area contributed by atoms with Crippen molar-refractivity contribution < 1.29 is 9.59 Å². The highest BCUT2D eigenvalue weighted by Crippen LogP contribution is 2.36. The van der Waals surface area contributed by atoms with Crippen LogP contribution in [0.4, 0.5) is 5.69 Å². The molecule has 1 aliphatic heterocycles. The van der Waals surface area contributed by atoms with Crippen molar-refractivity contribution in [3.05, 3.63) is 90.5 Å². The van der Waals surface area contributed by atoms with E-state index in [9.17, 15) is 9.59 Å². The van der Waals surface area contributed by atoms with E-state index in [1.165, 1.54) is 0 Å².